The Labute approximate surface area is 116 Å². The minimum Gasteiger partial charge on any atom is -0.481 e. The summed E-state index contributed by atoms with van der Waals surface area (Å²) in [6.07, 6.45) is 1.56. The van der Waals surface area contributed by atoms with Crippen molar-refractivity contribution in [1.29, 1.82) is 0 Å². The van der Waals surface area contributed by atoms with Gasteiger partial charge >= 0.3 is 5.97 Å². The van der Waals surface area contributed by atoms with Crippen molar-refractivity contribution in [2.24, 2.45) is 5.41 Å². The summed E-state index contributed by atoms with van der Waals surface area (Å²) < 4.78 is 0. The Balaban J connectivity index is 4.30. The lowest BCUT2D eigenvalue weighted by atomic mass is 9.87. The minimum absolute atomic E-state index is 0.0163. The predicted octanol–water partition coefficient (Wildman–Crippen LogP) is 1.77. The van der Waals surface area contributed by atoms with E-state index in [0.29, 0.717) is 6.42 Å². The fourth-order valence-electron chi connectivity index (χ4n) is 1.81. The van der Waals surface area contributed by atoms with Gasteiger partial charge in [-0.15, -0.1) is 0 Å². The molecule has 112 valence electrons. The molecule has 19 heavy (non-hydrogen) atoms. The van der Waals surface area contributed by atoms with E-state index >= 15 is 0 Å². The van der Waals surface area contributed by atoms with Crippen LogP contribution in [0.3, 0.4) is 0 Å². The Morgan fingerprint density at radius 2 is 1.84 bits per heavy atom. The maximum absolute atomic E-state index is 11.8. The van der Waals surface area contributed by atoms with Gasteiger partial charge in [-0.1, -0.05) is 27.7 Å². The van der Waals surface area contributed by atoms with Gasteiger partial charge in [-0.25, -0.2) is 0 Å². The molecule has 2 unspecified atom stereocenters. The largest absolute Gasteiger partial charge is 0.481 e. The van der Waals surface area contributed by atoms with Crippen LogP contribution in [0.2, 0.25) is 0 Å². The molecule has 0 aliphatic rings. The molecule has 0 aliphatic heterocycles. The molecular weight excluding hydrogens is 244 g/mol. The van der Waals surface area contributed by atoms with Gasteiger partial charge < -0.3 is 15.7 Å². The number of hydrogen-bond donors (Lipinski definition) is 3. The van der Waals surface area contributed by atoms with E-state index in [1.807, 2.05) is 34.6 Å². The number of nitrogens with one attached hydrogen (secondary N) is 2. The quantitative estimate of drug-likeness (QED) is 0.629. The van der Waals surface area contributed by atoms with Crippen molar-refractivity contribution >= 4 is 11.9 Å². The van der Waals surface area contributed by atoms with Crippen LogP contribution in [0.5, 0.6) is 0 Å². The van der Waals surface area contributed by atoms with E-state index in [1.54, 1.807) is 0 Å². The fourth-order valence-corrected chi connectivity index (χ4v) is 1.81. The van der Waals surface area contributed by atoms with Gasteiger partial charge in [0.2, 0.25) is 5.91 Å². The maximum Gasteiger partial charge on any atom is 0.305 e. The van der Waals surface area contributed by atoms with Crippen LogP contribution in [0.15, 0.2) is 0 Å². The number of carbonyl (C=O) groups is 2. The molecule has 0 aliphatic carbocycles. The van der Waals surface area contributed by atoms with Gasteiger partial charge in [-0.05, 0) is 25.2 Å². The average Bonchev–Trinajstić information content (AvgIpc) is 2.22. The highest BCUT2D eigenvalue weighted by atomic mass is 16.4. The van der Waals surface area contributed by atoms with Crippen LogP contribution in [0.1, 0.15) is 53.9 Å². The van der Waals surface area contributed by atoms with Crippen molar-refractivity contribution in [3.8, 4) is 0 Å². The molecule has 0 bridgehead atoms. The topological polar surface area (TPSA) is 78.4 Å². The zero-order chi connectivity index (χ0) is 15.1. The van der Waals surface area contributed by atoms with E-state index in [-0.39, 0.29) is 36.4 Å². The molecule has 0 saturated carbocycles. The zero-order valence-electron chi connectivity index (χ0n) is 12.7. The van der Waals surface area contributed by atoms with Gasteiger partial charge in [-0.2, -0.15) is 0 Å². The Morgan fingerprint density at radius 3 is 2.26 bits per heavy atom. The Bertz CT molecular complexity index is 298. The van der Waals surface area contributed by atoms with Crippen molar-refractivity contribution in [1.82, 2.24) is 10.6 Å². The lowest BCUT2D eigenvalue weighted by Gasteiger charge is -2.26. The van der Waals surface area contributed by atoms with E-state index in [1.165, 1.54) is 0 Å². The molecule has 0 fully saturated rings. The minimum atomic E-state index is -0.885. The van der Waals surface area contributed by atoms with Gasteiger partial charge in [0.05, 0.1) is 13.0 Å². The molecule has 0 rings (SSSR count). The van der Waals surface area contributed by atoms with Crippen molar-refractivity contribution in [2.75, 3.05) is 6.54 Å². The normalized spacial score (nSPS) is 14.8. The summed E-state index contributed by atoms with van der Waals surface area (Å²) in [5.74, 6) is -1.03. The van der Waals surface area contributed by atoms with Crippen molar-refractivity contribution < 1.29 is 14.7 Å². The van der Waals surface area contributed by atoms with E-state index < -0.39 is 5.97 Å². The molecule has 0 heterocycles. The first-order valence-electron chi connectivity index (χ1n) is 6.88. The van der Waals surface area contributed by atoms with Crippen molar-refractivity contribution in [2.45, 2.75) is 66.0 Å². The second kappa shape index (κ2) is 8.15. The molecule has 1 amide bonds. The number of hydrogen-bond acceptors (Lipinski definition) is 3. The van der Waals surface area contributed by atoms with Crippen LogP contribution in [0.4, 0.5) is 0 Å². The maximum atomic E-state index is 11.8. The summed E-state index contributed by atoms with van der Waals surface area (Å²) in [4.78, 5) is 22.6. The SMILES string of the molecule is CCC(C)NCC(=O)NC(CC(=O)O)CC(C)(C)C. The Kier molecular flexibility index (Phi) is 7.68. The molecule has 0 aromatic rings. The van der Waals surface area contributed by atoms with E-state index in [0.717, 1.165) is 6.42 Å². The third-order valence-corrected chi connectivity index (χ3v) is 2.87. The Morgan fingerprint density at radius 1 is 1.26 bits per heavy atom. The molecule has 3 N–H and O–H groups in total. The van der Waals surface area contributed by atoms with E-state index in [2.05, 4.69) is 10.6 Å². The Hall–Kier alpha value is -1.10. The van der Waals surface area contributed by atoms with Gasteiger partial charge in [0.25, 0.3) is 0 Å². The van der Waals surface area contributed by atoms with Gasteiger partial charge in [0.1, 0.15) is 0 Å². The predicted molar refractivity (Wildman–Crippen MR) is 76.0 cm³/mol. The second-order valence-corrected chi connectivity index (χ2v) is 6.32. The second-order valence-electron chi connectivity index (χ2n) is 6.32. The first kappa shape index (κ1) is 17.9. The number of amides is 1. The smallest absolute Gasteiger partial charge is 0.305 e. The first-order valence-corrected chi connectivity index (χ1v) is 6.88. The highest BCUT2D eigenvalue weighted by Gasteiger charge is 2.22. The molecule has 0 saturated heterocycles. The molecule has 0 radical (unpaired) electrons. The third kappa shape index (κ3) is 10.5. The van der Waals surface area contributed by atoms with Crippen molar-refractivity contribution in [3.63, 3.8) is 0 Å². The number of aliphatic carboxylic acids is 1. The lowest BCUT2D eigenvalue weighted by Crippen LogP contribution is -2.44. The first-order chi connectivity index (χ1) is 8.64. The number of carboxylic acids is 1. The summed E-state index contributed by atoms with van der Waals surface area (Å²) in [5, 5.41) is 14.8. The summed E-state index contributed by atoms with van der Waals surface area (Å²) >= 11 is 0. The molecule has 0 aromatic carbocycles. The van der Waals surface area contributed by atoms with Crippen LogP contribution in [-0.2, 0) is 9.59 Å². The van der Waals surface area contributed by atoms with E-state index in [9.17, 15) is 9.59 Å². The summed E-state index contributed by atoms with van der Waals surface area (Å²) in [7, 11) is 0. The monoisotopic (exact) mass is 272 g/mol. The fraction of sp³-hybridized carbons (Fsp3) is 0.857. The van der Waals surface area contributed by atoms with Gasteiger partial charge in [0, 0.05) is 12.1 Å². The van der Waals surface area contributed by atoms with Crippen LogP contribution < -0.4 is 10.6 Å². The van der Waals surface area contributed by atoms with Crippen LogP contribution in [0.25, 0.3) is 0 Å². The number of carbonyl (C=O) groups excluding carboxylic acids is 1. The summed E-state index contributed by atoms with van der Waals surface area (Å²) in [6.45, 7) is 10.4. The molecule has 5 nitrogen and oxygen atoms in total. The zero-order valence-corrected chi connectivity index (χ0v) is 12.7. The molecule has 0 spiro atoms. The van der Waals surface area contributed by atoms with Crippen LogP contribution >= 0.6 is 0 Å². The van der Waals surface area contributed by atoms with Gasteiger partial charge in [0.15, 0.2) is 0 Å². The highest BCUT2D eigenvalue weighted by molar-refractivity contribution is 5.79. The molecular formula is C14H28N2O3. The molecule has 2 atom stereocenters. The third-order valence-electron chi connectivity index (χ3n) is 2.87. The van der Waals surface area contributed by atoms with Crippen LogP contribution in [0, 0.1) is 5.41 Å². The summed E-state index contributed by atoms with van der Waals surface area (Å²) in [5.41, 5.74) is -0.0163. The number of carboxylic acid groups (broad SMARTS) is 1. The average molecular weight is 272 g/mol. The molecule has 5 heteroatoms. The standard InChI is InChI=1S/C14H28N2O3/c1-6-10(2)15-9-12(17)16-11(7-13(18)19)8-14(3,4)5/h10-11,15H,6-9H2,1-5H3,(H,16,17)(H,18,19). The number of rotatable bonds is 8. The summed E-state index contributed by atoms with van der Waals surface area (Å²) in [6, 6.07) is -0.0324. The van der Waals surface area contributed by atoms with Crippen molar-refractivity contribution in [3.05, 3.63) is 0 Å². The van der Waals surface area contributed by atoms with E-state index in [4.69, 9.17) is 5.11 Å². The lowest BCUT2D eigenvalue weighted by molar-refractivity contribution is -0.137. The van der Waals surface area contributed by atoms with Crippen LogP contribution in [-0.4, -0.2) is 35.6 Å². The van der Waals surface area contributed by atoms with Gasteiger partial charge in [-0.3, -0.25) is 9.59 Å². The molecule has 0 aromatic heterocycles. The highest BCUT2D eigenvalue weighted by Crippen LogP contribution is 2.22.